The van der Waals surface area contributed by atoms with E-state index in [1.165, 1.54) is 6.08 Å². The average Bonchev–Trinajstić information content (AvgIpc) is 2.59. The van der Waals surface area contributed by atoms with Gasteiger partial charge in [0, 0.05) is 16.1 Å². The third-order valence-corrected chi connectivity index (χ3v) is 3.99. The number of nitrogens with zero attached hydrogens (tertiary/aromatic N) is 1. The van der Waals surface area contributed by atoms with Crippen molar-refractivity contribution in [3.05, 3.63) is 80.9 Å². The zero-order chi connectivity index (χ0) is 17.1. The Hall–Kier alpha value is -2.54. The summed E-state index contributed by atoms with van der Waals surface area (Å²) in [5.74, 6) is 0.411. The van der Waals surface area contributed by atoms with Crippen LogP contribution in [-0.2, 0) is 0 Å². The van der Waals surface area contributed by atoms with E-state index >= 15 is 0 Å². The van der Waals surface area contributed by atoms with E-state index in [9.17, 15) is 4.79 Å². The van der Waals surface area contributed by atoms with Crippen LogP contribution in [0.5, 0.6) is 5.75 Å². The number of hydrogen-bond donors (Lipinski definition) is 0. The topological polar surface area (TPSA) is 50.1 Å². The summed E-state index contributed by atoms with van der Waals surface area (Å²) >= 11 is 12.1. The van der Waals surface area contributed by atoms with Gasteiger partial charge in [-0.1, -0.05) is 41.4 Å². The molecule has 118 valence electrons. The van der Waals surface area contributed by atoms with Gasteiger partial charge in [-0.15, -0.1) is 0 Å². The van der Waals surface area contributed by atoms with Crippen molar-refractivity contribution >= 4 is 35.1 Å². The van der Waals surface area contributed by atoms with Gasteiger partial charge in [-0.2, -0.15) is 5.26 Å². The number of benzene rings is 2. The molecule has 2 aromatic carbocycles. The van der Waals surface area contributed by atoms with Crippen molar-refractivity contribution in [1.29, 1.82) is 5.26 Å². The number of rotatable bonds is 3. The van der Waals surface area contributed by atoms with Crippen LogP contribution in [0.1, 0.15) is 21.5 Å². The zero-order valence-corrected chi connectivity index (χ0v) is 13.9. The van der Waals surface area contributed by atoms with E-state index in [0.717, 1.165) is 11.1 Å². The highest BCUT2D eigenvalue weighted by atomic mass is 35.5. The molecule has 0 amide bonds. The van der Waals surface area contributed by atoms with Crippen LogP contribution in [0.2, 0.25) is 10.0 Å². The first kappa shape index (κ1) is 16.3. The lowest BCUT2D eigenvalue weighted by Crippen LogP contribution is -2.07. The highest BCUT2D eigenvalue weighted by Gasteiger charge is 2.14. The molecule has 0 atom stereocenters. The van der Waals surface area contributed by atoms with Gasteiger partial charge in [0.2, 0.25) is 0 Å². The largest absolute Gasteiger partial charge is 0.487 e. The van der Waals surface area contributed by atoms with Crippen molar-refractivity contribution in [1.82, 2.24) is 0 Å². The second-order valence-electron chi connectivity index (χ2n) is 5.20. The number of halogens is 2. The molecule has 24 heavy (non-hydrogen) atoms. The minimum Gasteiger partial charge on any atom is -0.487 e. The molecule has 0 spiro atoms. The SMILES string of the molecule is N#Cc1cccc(C(=O)/C=C/C2=Cc3cc(Cl)cc(Cl)c3OC2)c1. The smallest absolute Gasteiger partial charge is 0.185 e. The Morgan fingerprint density at radius 2 is 2.08 bits per heavy atom. The number of allylic oxidation sites excluding steroid dienone is 1. The van der Waals surface area contributed by atoms with Crippen molar-refractivity contribution < 1.29 is 9.53 Å². The Kier molecular flexibility index (Phi) is 4.71. The first-order valence-electron chi connectivity index (χ1n) is 7.12. The molecule has 0 fully saturated rings. The summed E-state index contributed by atoms with van der Waals surface area (Å²) in [6.45, 7) is 0.316. The monoisotopic (exact) mass is 355 g/mol. The van der Waals surface area contributed by atoms with Crippen LogP contribution in [0.4, 0.5) is 0 Å². The summed E-state index contributed by atoms with van der Waals surface area (Å²) in [7, 11) is 0. The summed E-state index contributed by atoms with van der Waals surface area (Å²) in [6.07, 6.45) is 5.04. The lowest BCUT2D eigenvalue weighted by molar-refractivity contribution is 0.104. The molecule has 0 bridgehead atoms. The quantitative estimate of drug-likeness (QED) is 0.569. The Labute approximate surface area is 149 Å². The molecule has 1 aliphatic heterocycles. The highest BCUT2D eigenvalue weighted by Crippen LogP contribution is 2.36. The van der Waals surface area contributed by atoms with Gasteiger partial charge in [-0.3, -0.25) is 4.79 Å². The molecule has 0 saturated carbocycles. The molecule has 0 N–H and O–H groups in total. The standard InChI is InChI=1S/C19H11Cl2NO2/c20-16-8-15-7-13(11-24-19(15)17(21)9-16)4-5-18(23)14-3-1-2-12(6-14)10-22/h1-9H,11H2/b5-4+. The summed E-state index contributed by atoms with van der Waals surface area (Å²) in [4.78, 5) is 12.2. The molecule has 5 heteroatoms. The Balaban J connectivity index is 1.83. The van der Waals surface area contributed by atoms with Gasteiger partial charge >= 0.3 is 0 Å². The fraction of sp³-hybridized carbons (Fsp3) is 0.0526. The molecule has 0 unspecified atom stereocenters. The first-order valence-corrected chi connectivity index (χ1v) is 7.87. The molecule has 0 aliphatic carbocycles. The first-order chi connectivity index (χ1) is 11.6. The minimum atomic E-state index is -0.178. The van der Waals surface area contributed by atoms with Gasteiger partial charge in [0.15, 0.2) is 5.78 Å². The predicted molar refractivity (Wildman–Crippen MR) is 94.6 cm³/mol. The fourth-order valence-corrected chi connectivity index (χ4v) is 2.92. The van der Waals surface area contributed by atoms with Crippen molar-refractivity contribution in [2.75, 3.05) is 6.61 Å². The Morgan fingerprint density at radius 3 is 2.88 bits per heavy atom. The zero-order valence-electron chi connectivity index (χ0n) is 12.4. The van der Waals surface area contributed by atoms with Crippen molar-refractivity contribution in [2.24, 2.45) is 0 Å². The van der Waals surface area contributed by atoms with E-state index in [1.54, 1.807) is 42.5 Å². The van der Waals surface area contributed by atoms with E-state index in [0.29, 0.717) is 33.5 Å². The molecule has 0 aromatic heterocycles. The summed E-state index contributed by atoms with van der Waals surface area (Å²) in [5.41, 5.74) is 2.52. The molecule has 0 radical (unpaired) electrons. The van der Waals surface area contributed by atoms with Crippen molar-refractivity contribution in [3.8, 4) is 11.8 Å². The van der Waals surface area contributed by atoms with Crippen LogP contribution in [0, 0.1) is 11.3 Å². The normalized spacial score (nSPS) is 13.0. The number of carbonyl (C=O) groups excluding carboxylic acids is 1. The van der Waals surface area contributed by atoms with Crippen molar-refractivity contribution in [2.45, 2.75) is 0 Å². The third-order valence-electron chi connectivity index (χ3n) is 3.49. The van der Waals surface area contributed by atoms with Crippen LogP contribution in [0.15, 0.2) is 54.1 Å². The summed E-state index contributed by atoms with van der Waals surface area (Å²) < 4.78 is 5.63. The van der Waals surface area contributed by atoms with Gasteiger partial charge < -0.3 is 4.74 Å². The second-order valence-corrected chi connectivity index (χ2v) is 6.05. The van der Waals surface area contributed by atoms with Crippen LogP contribution in [0.3, 0.4) is 0 Å². The maximum absolute atomic E-state index is 12.2. The van der Waals surface area contributed by atoms with Crippen LogP contribution in [-0.4, -0.2) is 12.4 Å². The molecule has 1 heterocycles. The van der Waals surface area contributed by atoms with E-state index in [-0.39, 0.29) is 5.78 Å². The lowest BCUT2D eigenvalue weighted by Gasteiger charge is -2.17. The van der Waals surface area contributed by atoms with Gasteiger partial charge in [0.1, 0.15) is 12.4 Å². The fourth-order valence-electron chi connectivity index (χ4n) is 2.35. The molecule has 3 nitrogen and oxygen atoms in total. The Bertz CT molecular complexity index is 923. The number of carbonyl (C=O) groups is 1. The van der Waals surface area contributed by atoms with E-state index in [1.807, 2.05) is 12.1 Å². The predicted octanol–water partition coefficient (Wildman–Crippen LogP) is 5.08. The number of hydrogen-bond acceptors (Lipinski definition) is 3. The molecular formula is C19H11Cl2NO2. The average molecular weight is 356 g/mol. The van der Waals surface area contributed by atoms with Gasteiger partial charge in [-0.25, -0.2) is 0 Å². The highest BCUT2D eigenvalue weighted by molar-refractivity contribution is 6.36. The molecule has 0 saturated heterocycles. The van der Waals surface area contributed by atoms with Crippen molar-refractivity contribution in [3.63, 3.8) is 0 Å². The number of fused-ring (bicyclic) bond motifs is 1. The summed E-state index contributed by atoms with van der Waals surface area (Å²) in [6, 6.07) is 12.0. The molecule has 3 rings (SSSR count). The van der Waals surface area contributed by atoms with E-state index in [2.05, 4.69) is 0 Å². The van der Waals surface area contributed by atoms with E-state index < -0.39 is 0 Å². The minimum absolute atomic E-state index is 0.178. The van der Waals surface area contributed by atoms with Gasteiger partial charge in [-0.05, 0) is 42.0 Å². The number of ketones is 1. The lowest BCUT2D eigenvalue weighted by atomic mass is 10.0. The Morgan fingerprint density at radius 1 is 1.25 bits per heavy atom. The molecular weight excluding hydrogens is 345 g/mol. The number of nitriles is 1. The van der Waals surface area contributed by atoms with Crippen LogP contribution in [0.25, 0.3) is 6.08 Å². The number of ether oxygens (including phenoxy) is 1. The third kappa shape index (κ3) is 3.51. The van der Waals surface area contributed by atoms with Gasteiger partial charge in [0.25, 0.3) is 0 Å². The maximum Gasteiger partial charge on any atom is 0.185 e. The maximum atomic E-state index is 12.2. The van der Waals surface area contributed by atoms with E-state index in [4.69, 9.17) is 33.2 Å². The van der Waals surface area contributed by atoms with Crippen LogP contribution >= 0.6 is 23.2 Å². The second kappa shape index (κ2) is 6.92. The molecule has 1 aliphatic rings. The van der Waals surface area contributed by atoms with Crippen LogP contribution < -0.4 is 4.74 Å². The van der Waals surface area contributed by atoms with Gasteiger partial charge in [0.05, 0.1) is 16.7 Å². The summed E-state index contributed by atoms with van der Waals surface area (Å²) in [5, 5.41) is 9.87. The molecule has 2 aromatic rings.